The second-order valence-corrected chi connectivity index (χ2v) is 4.30. The number of alkyl halides is 3. The van der Waals surface area contributed by atoms with E-state index in [1.54, 1.807) is 19.1 Å². The third kappa shape index (κ3) is 1.49. The van der Waals surface area contributed by atoms with Crippen molar-refractivity contribution in [3.05, 3.63) is 29.5 Å². The Labute approximate surface area is 92.4 Å². The quantitative estimate of drug-likeness (QED) is 0.594. The summed E-state index contributed by atoms with van der Waals surface area (Å²) in [6, 6.07) is 4.64. The van der Waals surface area contributed by atoms with Crippen molar-refractivity contribution < 1.29 is 13.3 Å². The molecule has 2 aromatic rings. The summed E-state index contributed by atoms with van der Waals surface area (Å²) in [6.07, 6.45) is 0. The molecule has 1 aromatic carbocycles. The third-order valence-electron chi connectivity index (χ3n) is 1.98. The lowest BCUT2D eigenvalue weighted by molar-refractivity contribution is 0.127. The number of halogens is 3. The summed E-state index contributed by atoms with van der Waals surface area (Å²) < 4.78 is 28.1. The van der Waals surface area contributed by atoms with Crippen LogP contribution in [-0.2, 0) is 3.93 Å². The molecule has 0 amide bonds. The zero-order valence-corrected chi connectivity index (χ0v) is 9.38. The van der Waals surface area contributed by atoms with Crippen molar-refractivity contribution in [2.75, 3.05) is 0 Å². The van der Waals surface area contributed by atoms with Gasteiger partial charge in [0.25, 0.3) is 0 Å². The van der Waals surface area contributed by atoms with Gasteiger partial charge in [-0.25, -0.2) is 0 Å². The highest BCUT2D eigenvalue weighted by Crippen LogP contribution is 2.39. The van der Waals surface area contributed by atoms with Gasteiger partial charge in [-0.1, -0.05) is 11.2 Å². The van der Waals surface area contributed by atoms with Crippen LogP contribution >= 0.6 is 22.6 Å². The maximum atomic E-state index is 13.1. The molecule has 1 aromatic heterocycles. The number of nitrogens with zero attached hydrogens (tertiary/aromatic N) is 1. The fourth-order valence-electron chi connectivity index (χ4n) is 1.31. The predicted molar refractivity (Wildman–Crippen MR) is 56.7 cm³/mol. The van der Waals surface area contributed by atoms with Crippen molar-refractivity contribution in [1.82, 2.24) is 5.16 Å². The molecular weight excluding hydrogens is 303 g/mol. The Balaban J connectivity index is 2.79. The second kappa shape index (κ2) is 3.15. The van der Waals surface area contributed by atoms with Crippen LogP contribution < -0.4 is 0 Å². The molecule has 0 aliphatic carbocycles. The lowest BCUT2D eigenvalue weighted by Crippen LogP contribution is -2.02. The molecule has 14 heavy (non-hydrogen) atoms. The number of benzene rings is 1. The van der Waals surface area contributed by atoms with Crippen LogP contribution in [0.4, 0.5) is 8.78 Å². The fraction of sp³-hybridized carbons (Fsp3) is 0.222. The first kappa shape index (κ1) is 9.82. The molecule has 0 saturated carbocycles. The van der Waals surface area contributed by atoms with Crippen molar-refractivity contribution in [3.63, 3.8) is 0 Å². The van der Waals surface area contributed by atoms with E-state index in [4.69, 9.17) is 4.52 Å². The highest BCUT2D eigenvalue weighted by molar-refractivity contribution is 14.1. The van der Waals surface area contributed by atoms with Crippen LogP contribution in [0.3, 0.4) is 0 Å². The Morgan fingerprint density at radius 1 is 1.43 bits per heavy atom. The smallest absolute Gasteiger partial charge is 0.325 e. The molecule has 0 saturated heterocycles. The summed E-state index contributed by atoms with van der Waals surface area (Å²) in [5.41, 5.74) is 0.670. The van der Waals surface area contributed by atoms with E-state index in [9.17, 15) is 8.78 Å². The number of para-hydroxylation sites is 1. The number of hydrogen-bond acceptors (Lipinski definition) is 2. The zero-order chi connectivity index (χ0) is 10.3. The number of aromatic nitrogens is 1. The molecule has 0 unspecified atom stereocenters. The Bertz CT molecular complexity index is 475. The summed E-state index contributed by atoms with van der Waals surface area (Å²) >= 11 is 1.08. The van der Waals surface area contributed by atoms with Crippen molar-refractivity contribution >= 4 is 33.6 Å². The monoisotopic (exact) mass is 309 g/mol. The Morgan fingerprint density at radius 2 is 2.14 bits per heavy atom. The lowest BCUT2D eigenvalue weighted by atomic mass is 10.1. The number of aryl methyl sites for hydroxylation is 1. The van der Waals surface area contributed by atoms with Gasteiger partial charge in [-0.15, -0.1) is 0 Å². The van der Waals surface area contributed by atoms with E-state index < -0.39 is 3.93 Å². The standard InChI is InChI=1S/C9H6F2INO/c1-5-6-3-2-4-7(9(10,11)12)8(6)14-13-5/h2-4H,1H3. The maximum absolute atomic E-state index is 13.1. The van der Waals surface area contributed by atoms with Crippen molar-refractivity contribution in [2.24, 2.45) is 0 Å². The topological polar surface area (TPSA) is 26.0 Å². The van der Waals surface area contributed by atoms with Gasteiger partial charge in [0.1, 0.15) is 0 Å². The van der Waals surface area contributed by atoms with Crippen LogP contribution in [0.25, 0.3) is 11.0 Å². The van der Waals surface area contributed by atoms with E-state index >= 15 is 0 Å². The molecule has 2 rings (SSSR count). The molecule has 0 radical (unpaired) electrons. The summed E-state index contributed by atoms with van der Waals surface area (Å²) in [4.78, 5) is 0. The molecule has 1 heterocycles. The van der Waals surface area contributed by atoms with Crippen LogP contribution in [0.1, 0.15) is 11.3 Å². The van der Waals surface area contributed by atoms with Crippen LogP contribution in [0.5, 0.6) is 0 Å². The van der Waals surface area contributed by atoms with Gasteiger partial charge in [0, 0.05) is 28.0 Å². The number of fused-ring (bicyclic) bond motifs is 1. The normalized spacial score (nSPS) is 12.3. The Morgan fingerprint density at radius 3 is 2.79 bits per heavy atom. The summed E-state index contributed by atoms with van der Waals surface area (Å²) in [6.45, 7) is 1.72. The van der Waals surface area contributed by atoms with Gasteiger partial charge < -0.3 is 4.52 Å². The first-order valence-electron chi connectivity index (χ1n) is 3.92. The summed E-state index contributed by atoms with van der Waals surface area (Å²) in [7, 11) is 0. The number of rotatable bonds is 1. The molecular formula is C9H6F2INO. The lowest BCUT2D eigenvalue weighted by Gasteiger charge is -2.07. The van der Waals surface area contributed by atoms with Gasteiger partial charge in [0.05, 0.1) is 11.3 Å². The van der Waals surface area contributed by atoms with Crippen LogP contribution in [0, 0.1) is 6.92 Å². The maximum Gasteiger partial charge on any atom is 0.325 e. The van der Waals surface area contributed by atoms with Crippen molar-refractivity contribution in [2.45, 2.75) is 10.9 Å². The largest absolute Gasteiger partial charge is 0.355 e. The van der Waals surface area contributed by atoms with E-state index in [0.717, 1.165) is 22.6 Å². The SMILES string of the molecule is Cc1noc2c(C(F)(F)I)cccc12. The Hall–Kier alpha value is -0.720. The van der Waals surface area contributed by atoms with Gasteiger partial charge in [-0.3, -0.25) is 0 Å². The van der Waals surface area contributed by atoms with Gasteiger partial charge >= 0.3 is 3.93 Å². The summed E-state index contributed by atoms with van der Waals surface area (Å²) in [5, 5.41) is 4.30. The van der Waals surface area contributed by atoms with Gasteiger partial charge in [0.2, 0.25) is 0 Å². The van der Waals surface area contributed by atoms with E-state index in [-0.39, 0.29) is 11.1 Å². The molecule has 2 nitrogen and oxygen atoms in total. The zero-order valence-electron chi connectivity index (χ0n) is 7.22. The molecule has 0 aliphatic heterocycles. The molecule has 0 N–H and O–H groups in total. The summed E-state index contributed by atoms with van der Waals surface area (Å²) in [5.74, 6) is 0. The first-order valence-corrected chi connectivity index (χ1v) is 5.00. The minimum absolute atomic E-state index is 0.129. The molecule has 0 spiro atoms. The molecule has 5 heteroatoms. The predicted octanol–water partition coefficient (Wildman–Crippen LogP) is 3.62. The van der Waals surface area contributed by atoms with E-state index in [1.807, 2.05) is 0 Å². The average molecular weight is 309 g/mol. The minimum atomic E-state index is -2.93. The molecule has 0 fully saturated rings. The minimum Gasteiger partial charge on any atom is -0.355 e. The average Bonchev–Trinajstić information content (AvgIpc) is 2.46. The van der Waals surface area contributed by atoms with E-state index in [0.29, 0.717) is 11.1 Å². The van der Waals surface area contributed by atoms with Gasteiger partial charge in [-0.2, -0.15) is 8.78 Å². The first-order chi connectivity index (χ1) is 6.50. The molecule has 0 aliphatic rings. The van der Waals surface area contributed by atoms with Crippen molar-refractivity contribution in [3.8, 4) is 0 Å². The molecule has 0 atom stereocenters. The molecule has 74 valence electrons. The highest BCUT2D eigenvalue weighted by Gasteiger charge is 2.31. The van der Waals surface area contributed by atoms with E-state index in [1.165, 1.54) is 6.07 Å². The van der Waals surface area contributed by atoms with Crippen molar-refractivity contribution in [1.29, 1.82) is 0 Å². The van der Waals surface area contributed by atoms with Gasteiger partial charge in [-0.05, 0) is 19.1 Å². The van der Waals surface area contributed by atoms with Crippen LogP contribution in [0.2, 0.25) is 0 Å². The van der Waals surface area contributed by atoms with E-state index in [2.05, 4.69) is 5.16 Å². The fourth-order valence-corrected chi connectivity index (χ4v) is 1.73. The molecule has 0 bridgehead atoms. The Kier molecular flexibility index (Phi) is 2.21. The van der Waals surface area contributed by atoms with Crippen LogP contribution in [0.15, 0.2) is 22.7 Å². The number of hydrogen-bond donors (Lipinski definition) is 0. The van der Waals surface area contributed by atoms with Gasteiger partial charge in [0.15, 0.2) is 5.58 Å². The third-order valence-corrected chi connectivity index (χ3v) is 2.57. The van der Waals surface area contributed by atoms with Crippen LogP contribution in [-0.4, -0.2) is 5.16 Å². The highest BCUT2D eigenvalue weighted by atomic mass is 127. The second-order valence-electron chi connectivity index (χ2n) is 2.95.